The number of anilines is 1. The predicted molar refractivity (Wildman–Crippen MR) is 102 cm³/mol. The Kier molecular flexibility index (Phi) is 6.48. The van der Waals surface area contributed by atoms with Gasteiger partial charge in [-0.05, 0) is 18.2 Å². The van der Waals surface area contributed by atoms with E-state index in [0.29, 0.717) is 36.7 Å². The minimum absolute atomic E-state index is 0.0685. The average Bonchev–Trinajstić information content (AvgIpc) is 3.14. The van der Waals surface area contributed by atoms with Crippen LogP contribution in [0.25, 0.3) is 11.3 Å². The van der Waals surface area contributed by atoms with Gasteiger partial charge in [-0.3, -0.25) is 9.69 Å². The number of methoxy groups -OCH3 is 1. The molecule has 0 bridgehead atoms. The van der Waals surface area contributed by atoms with Crippen LogP contribution in [0.1, 0.15) is 10.4 Å². The van der Waals surface area contributed by atoms with Crippen LogP contribution in [0, 0.1) is 5.82 Å². The van der Waals surface area contributed by atoms with E-state index in [1.807, 2.05) is 0 Å². The molecule has 0 aliphatic carbocycles. The summed E-state index contributed by atoms with van der Waals surface area (Å²) in [5.41, 5.74) is 0.817. The Morgan fingerprint density at radius 3 is 2.79 bits per heavy atom. The number of morpholine rings is 1. The average molecular weight is 392 g/mol. The monoisotopic (exact) mass is 392 g/mol. The summed E-state index contributed by atoms with van der Waals surface area (Å²) in [6, 6.07) is 4.29. The third-order valence-corrected chi connectivity index (χ3v) is 4.56. The zero-order valence-corrected chi connectivity index (χ0v) is 16.3. The lowest BCUT2D eigenvalue weighted by Gasteiger charge is -2.26. The zero-order chi connectivity index (χ0) is 20.1. The molecule has 28 heavy (non-hydrogen) atoms. The maximum absolute atomic E-state index is 13.7. The summed E-state index contributed by atoms with van der Waals surface area (Å²) in [6.45, 7) is 4.35. The van der Waals surface area contributed by atoms with Crippen molar-refractivity contribution in [3.8, 4) is 17.1 Å². The molecule has 0 atom stereocenters. The van der Waals surface area contributed by atoms with E-state index in [0.717, 1.165) is 19.6 Å². The summed E-state index contributed by atoms with van der Waals surface area (Å²) in [7, 11) is 4.93. The maximum Gasteiger partial charge on any atom is 0.259 e. The van der Waals surface area contributed by atoms with Crippen LogP contribution in [0.5, 0.6) is 5.75 Å². The molecule has 0 spiro atoms. The van der Waals surface area contributed by atoms with E-state index in [4.69, 9.17) is 14.0 Å². The first-order valence-corrected chi connectivity index (χ1v) is 9.10. The van der Waals surface area contributed by atoms with E-state index >= 15 is 0 Å². The molecule has 1 aliphatic rings. The Labute approximate surface area is 163 Å². The number of nitrogens with one attached hydrogen (secondary N) is 1. The van der Waals surface area contributed by atoms with Gasteiger partial charge in [0, 0.05) is 45.8 Å². The van der Waals surface area contributed by atoms with Crippen LogP contribution >= 0.6 is 0 Å². The highest BCUT2D eigenvalue weighted by Gasteiger charge is 2.26. The lowest BCUT2D eigenvalue weighted by molar-refractivity contribution is 0.0383. The number of rotatable bonds is 7. The topological polar surface area (TPSA) is 80.1 Å². The highest BCUT2D eigenvalue weighted by molar-refractivity contribution is 6.04. The lowest BCUT2D eigenvalue weighted by atomic mass is 10.1. The number of hydrogen-bond acceptors (Lipinski definition) is 7. The molecule has 1 amide bonds. The first-order valence-electron chi connectivity index (χ1n) is 9.10. The van der Waals surface area contributed by atoms with E-state index in [-0.39, 0.29) is 17.4 Å². The van der Waals surface area contributed by atoms with Crippen LogP contribution in [-0.2, 0) is 4.74 Å². The van der Waals surface area contributed by atoms with Gasteiger partial charge in [-0.25, -0.2) is 4.39 Å². The predicted octanol–water partition coefficient (Wildman–Crippen LogP) is 1.62. The summed E-state index contributed by atoms with van der Waals surface area (Å²) in [5.74, 6) is -0.0429. The summed E-state index contributed by atoms with van der Waals surface area (Å²) in [4.78, 5) is 16.8. The van der Waals surface area contributed by atoms with Crippen molar-refractivity contribution >= 4 is 11.7 Å². The van der Waals surface area contributed by atoms with Crippen molar-refractivity contribution in [2.45, 2.75) is 0 Å². The number of amides is 1. The van der Waals surface area contributed by atoms with Crippen LogP contribution in [0.4, 0.5) is 10.2 Å². The molecule has 0 saturated carbocycles. The molecule has 2 heterocycles. The second-order valence-electron chi connectivity index (χ2n) is 6.66. The summed E-state index contributed by atoms with van der Waals surface area (Å²) in [5, 5.41) is 6.94. The highest BCUT2D eigenvalue weighted by Crippen LogP contribution is 2.33. The van der Waals surface area contributed by atoms with Crippen molar-refractivity contribution in [1.82, 2.24) is 15.4 Å². The highest BCUT2D eigenvalue weighted by atomic mass is 19.1. The third kappa shape index (κ3) is 4.42. The summed E-state index contributed by atoms with van der Waals surface area (Å²) >= 11 is 0. The van der Waals surface area contributed by atoms with Crippen LogP contribution in [0.2, 0.25) is 0 Å². The van der Waals surface area contributed by atoms with Crippen LogP contribution in [0.15, 0.2) is 22.7 Å². The standard InChI is InChI=1S/C19H25FN4O4/c1-23(2)18-16(19(25)21-6-7-24-8-10-27-11-9-24)17(28-22-18)13-4-5-14(20)15(12-13)26-3/h4-5,12H,6-11H2,1-3H3,(H,21,25). The first-order chi connectivity index (χ1) is 13.5. The molecule has 1 aliphatic heterocycles. The van der Waals surface area contributed by atoms with Gasteiger partial charge in [-0.1, -0.05) is 5.16 Å². The molecule has 152 valence electrons. The quantitative estimate of drug-likeness (QED) is 0.767. The van der Waals surface area contributed by atoms with Crippen molar-refractivity contribution in [2.75, 3.05) is 65.5 Å². The normalized spacial score (nSPS) is 14.7. The number of benzene rings is 1. The smallest absolute Gasteiger partial charge is 0.259 e. The molecule has 8 nitrogen and oxygen atoms in total. The first kappa shape index (κ1) is 20.1. The number of halogens is 1. The third-order valence-electron chi connectivity index (χ3n) is 4.56. The fraction of sp³-hybridized carbons (Fsp3) is 0.474. The minimum Gasteiger partial charge on any atom is -0.494 e. The second kappa shape index (κ2) is 9.03. The molecular weight excluding hydrogens is 367 g/mol. The maximum atomic E-state index is 13.7. The molecule has 0 unspecified atom stereocenters. The van der Waals surface area contributed by atoms with Gasteiger partial charge in [-0.15, -0.1) is 0 Å². The van der Waals surface area contributed by atoms with Crippen LogP contribution < -0.4 is 15.0 Å². The van der Waals surface area contributed by atoms with Gasteiger partial charge in [0.15, 0.2) is 23.1 Å². The second-order valence-corrected chi connectivity index (χ2v) is 6.66. The Morgan fingerprint density at radius 1 is 1.36 bits per heavy atom. The van der Waals surface area contributed by atoms with E-state index in [1.165, 1.54) is 25.3 Å². The largest absolute Gasteiger partial charge is 0.494 e. The molecular formula is C19H25FN4O4. The Bertz CT molecular complexity index is 818. The molecule has 1 aromatic heterocycles. The minimum atomic E-state index is -0.491. The van der Waals surface area contributed by atoms with Gasteiger partial charge in [0.25, 0.3) is 5.91 Å². The number of ether oxygens (including phenoxy) is 2. The fourth-order valence-corrected chi connectivity index (χ4v) is 3.03. The van der Waals surface area contributed by atoms with Gasteiger partial charge >= 0.3 is 0 Å². The van der Waals surface area contributed by atoms with Gasteiger partial charge in [0.2, 0.25) is 0 Å². The number of carbonyl (C=O) groups excluding carboxylic acids is 1. The molecule has 1 saturated heterocycles. The van der Waals surface area contributed by atoms with E-state index in [9.17, 15) is 9.18 Å². The van der Waals surface area contributed by atoms with Crippen molar-refractivity contribution < 1.29 is 23.2 Å². The SMILES string of the molecule is COc1cc(-c2onc(N(C)C)c2C(=O)NCCN2CCOCC2)ccc1F. The number of hydrogen-bond donors (Lipinski definition) is 1. The summed E-state index contributed by atoms with van der Waals surface area (Å²) in [6.07, 6.45) is 0. The molecule has 2 aromatic rings. The summed E-state index contributed by atoms with van der Waals surface area (Å²) < 4.78 is 29.5. The molecule has 1 aromatic carbocycles. The van der Waals surface area contributed by atoms with Gasteiger partial charge in [0.1, 0.15) is 5.56 Å². The zero-order valence-electron chi connectivity index (χ0n) is 16.3. The van der Waals surface area contributed by atoms with Gasteiger partial charge < -0.3 is 24.2 Å². The van der Waals surface area contributed by atoms with Crippen LogP contribution in [-0.4, -0.2) is 76.6 Å². The molecule has 9 heteroatoms. The lowest BCUT2D eigenvalue weighted by Crippen LogP contribution is -2.41. The van der Waals surface area contributed by atoms with E-state index < -0.39 is 5.82 Å². The number of carbonyl (C=O) groups is 1. The Morgan fingerprint density at radius 2 is 2.11 bits per heavy atom. The van der Waals surface area contributed by atoms with Gasteiger partial charge in [0.05, 0.1) is 20.3 Å². The van der Waals surface area contributed by atoms with Crippen molar-refractivity contribution in [2.24, 2.45) is 0 Å². The fourth-order valence-electron chi connectivity index (χ4n) is 3.03. The molecule has 1 N–H and O–H groups in total. The van der Waals surface area contributed by atoms with Crippen molar-refractivity contribution in [1.29, 1.82) is 0 Å². The Hall–Kier alpha value is -2.65. The van der Waals surface area contributed by atoms with Crippen LogP contribution in [0.3, 0.4) is 0 Å². The molecule has 1 fully saturated rings. The number of nitrogens with zero attached hydrogens (tertiary/aromatic N) is 3. The van der Waals surface area contributed by atoms with Crippen molar-refractivity contribution in [3.05, 3.63) is 29.6 Å². The van der Waals surface area contributed by atoms with Gasteiger partial charge in [-0.2, -0.15) is 0 Å². The van der Waals surface area contributed by atoms with E-state index in [1.54, 1.807) is 19.0 Å². The Balaban J connectivity index is 1.80. The number of aromatic nitrogens is 1. The van der Waals surface area contributed by atoms with E-state index in [2.05, 4.69) is 15.4 Å². The molecule has 3 rings (SSSR count). The van der Waals surface area contributed by atoms with Crippen molar-refractivity contribution in [3.63, 3.8) is 0 Å². The molecule has 0 radical (unpaired) electrons.